The van der Waals surface area contributed by atoms with Crippen LogP contribution >= 0.6 is 0 Å². The molecular formula is C26H32N4O2. The van der Waals surface area contributed by atoms with Gasteiger partial charge >= 0.3 is 0 Å². The first-order valence-corrected chi connectivity index (χ1v) is 11.4. The zero-order chi connectivity index (χ0) is 22.5. The van der Waals surface area contributed by atoms with E-state index in [9.17, 15) is 4.79 Å². The highest BCUT2D eigenvalue weighted by molar-refractivity contribution is 5.95. The van der Waals surface area contributed by atoms with Gasteiger partial charge in [0.15, 0.2) is 0 Å². The van der Waals surface area contributed by atoms with Gasteiger partial charge < -0.3 is 10.1 Å². The van der Waals surface area contributed by atoms with Crippen LogP contribution in [-0.4, -0.2) is 47.3 Å². The van der Waals surface area contributed by atoms with Crippen molar-refractivity contribution in [2.75, 3.05) is 26.7 Å². The minimum Gasteiger partial charge on any atom is -0.497 e. The van der Waals surface area contributed by atoms with Crippen LogP contribution in [0.1, 0.15) is 53.0 Å². The average molecular weight is 433 g/mol. The van der Waals surface area contributed by atoms with Crippen molar-refractivity contribution in [3.8, 4) is 11.4 Å². The Labute approximate surface area is 190 Å². The van der Waals surface area contributed by atoms with Crippen molar-refractivity contribution in [1.82, 2.24) is 20.0 Å². The van der Waals surface area contributed by atoms with Gasteiger partial charge in [-0.3, -0.25) is 9.69 Å². The molecule has 2 heterocycles. The highest BCUT2D eigenvalue weighted by Crippen LogP contribution is 2.26. The monoisotopic (exact) mass is 432 g/mol. The first kappa shape index (κ1) is 22.1. The predicted molar refractivity (Wildman–Crippen MR) is 127 cm³/mol. The van der Waals surface area contributed by atoms with Crippen LogP contribution in [-0.2, 0) is 6.42 Å². The van der Waals surface area contributed by atoms with Crippen LogP contribution in [0.25, 0.3) is 5.69 Å². The van der Waals surface area contributed by atoms with Crippen LogP contribution in [0, 0.1) is 6.92 Å². The normalized spacial score (nSPS) is 15.0. The SMILES string of the molecule is CCc1c(C(=O)NCC(c2ccc(OC)cc2)N2CCCC2)cnn1-c1ccc(C)cc1. The quantitative estimate of drug-likeness (QED) is 0.576. The van der Waals surface area contributed by atoms with E-state index in [4.69, 9.17) is 4.74 Å². The van der Waals surface area contributed by atoms with Crippen LogP contribution in [0.2, 0.25) is 0 Å². The third-order valence-electron chi connectivity index (χ3n) is 6.26. The van der Waals surface area contributed by atoms with E-state index in [1.807, 2.05) is 28.9 Å². The molecule has 0 bridgehead atoms. The number of nitrogens with one attached hydrogen (secondary N) is 1. The lowest BCUT2D eigenvalue weighted by atomic mass is 10.0. The summed E-state index contributed by atoms with van der Waals surface area (Å²) in [6.07, 6.45) is 4.81. The van der Waals surface area contributed by atoms with E-state index in [-0.39, 0.29) is 11.9 Å². The van der Waals surface area contributed by atoms with Gasteiger partial charge in [-0.2, -0.15) is 5.10 Å². The van der Waals surface area contributed by atoms with Crippen molar-refractivity contribution in [2.24, 2.45) is 0 Å². The number of benzene rings is 2. The van der Waals surface area contributed by atoms with Crippen LogP contribution in [0.5, 0.6) is 5.75 Å². The van der Waals surface area contributed by atoms with Crippen LogP contribution in [0.3, 0.4) is 0 Å². The molecule has 0 saturated carbocycles. The number of aryl methyl sites for hydroxylation is 1. The summed E-state index contributed by atoms with van der Waals surface area (Å²) in [6, 6.07) is 16.5. The van der Waals surface area contributed by atoms with Crippen LogP contribution in [0.15, 0.2) is 54.7 Å². The van der Waals surface area contributed by atoms with Gasteiger partial charge in [-0.15, -0.1) is 0 Å². The van der Waals surface area contributed by atoms with Crippen molar-refractivity contribution < 1.29 is 9.53 Å². The first-order valence-electron chi connectivity index (χ1n) is 11.4. The Morgan fingerprint density at radius 1 is 1.09 bits per heavy atom. The van der Waals surface area contributed by atoms with Crippen LogP contribution < -0.4 is 10.1 Å². The summed E-state index contributed by atoms with van der Waals surface area (Å²) in [4.78, 5) is 15.6. The zero-order valence-corrected chi connectivity index (χ0v) is 19.2. The molecule has 6 heteroatoms. The van der Waals surface area contributed by atoms with Gasteiger partial charge in [-0.1, -0.05) is 36.8 Å². The number of carbonyl (C=O) groups excluding carboxylic acids is 1. The van der Waals surface area contributed by atoms with Crippen LogP contribution in [0.4, 0.5) is 0 Å². The Morgan fingerprint density at radius 2 is 1.78 bits per heavy atom. The summed E-state index contributed by atoms with van der Waals surface area (Å²) < 4.78 is 7.18. The Kier molecular flexibility index (Phi) is 6.90. The number of hydrogen-bond donors (Lipinski definition) is 1. The summed E-state index contributed by atoms with van der Waals surface area (Å²) in [5.74, 6) is 0.770. The molecule has 0 aliphatic carbocycles. The van der Waals surface area contributed by atoms with E-state index in [1.165, 1.54) is 24.0 Å². The summed E-state index contributed by atoms with van der Waals surface area (Å²) in [7, 11) is 1.68. The molecule has 2 aromatic carbocycles. The largest absolute Gasteiger partial charge is 0.497 e. The molecule has 1 fully saturated rings. The number of ether oxygens (including phenoxy) is 1. The maximum Gasteiger partial charge on any atom is 0.254 e. The number of hydrogen-bond acceptors (Lipinski definition) is 4. The number of methoxy groups -OCH3 is 1. The molecule has 0 radical (unpaired) electrons. The number of amides is 1. The Morgan fingerprint density at radius 3 is 2.41 bits per heavy atom. The van der Waals surface area contributed by atoms with Gasteiger partial charge in [0.05, 0.1) is 36.3 Å². The van der Waals surface area contributed by atoms with E-state index < -0.39 is 0 Å². The third-order valence-corrected chi connectivity index (χ3v) is 6.26. The molecule has 1 aromatic heterocycles. The smallest absolute Gasteiger partial charge is 0.254 e. The molecule has 6 nitrogen and oxygen atoms in total. The molecule has 32 heavy (non-hydrogen) atoms. The Hall–Kier alpha value is -3.12. The molecule has 1 aliphatic rings. The van der Waals surface area contributed by atoms with E-state index >= 15 is 0 Å². The summed E-state index contributed by atoms with van der Waals surface area (Å²) >= 11 is 0. The lowest BCUT2D eigenvalue weighted by Gasteiger charge is -2.28. The van der Waals surface area contributed by atoms with Gasteiger partial charge in [-0.05, 0) is 69.1 Å². The summed E-state index contributed by atoms with van der Waals surface area (Å²) in [6.45, 7) is 6.79. The van der Waals surface area contributed by atoms with E-state index in [1.54, 1.807) is 13.3 Å². The van der Waals surface area contributed by atoms with E-state index in [2.05, 4.69) is 53.4 Å². The van der Waals surface area contributed by atoms with Crippen molar-refractivity contribution in [3.05, 3.63) is 77.1 Å². The van der Waals surface area contributed by atoms with E-state index in [0.29, 0.717) is 12.1 Å². The topological polar surface area (TPSA) is 59.4 Å². The van der Waals surface area contributed by atoms with Crippen molar-refractivity contribution >= 4 is 5.91 Å². The third kappa shape index (κ3) is 4.70. The van der Waals surface area contributed by atoms with Gasteiger partial charge in [0.1, 0.15) is 5.75 Å². The van der Waals surface area contributed by atoms with Crippen molar-refractivity contribution in [3.63, 3.8) is 0 Å². The molecule has 1 N–H and O–H groups in total. The molecule has 0 spiro atoms. The molecule has 1 aliphatic heterocycles. The van der Waals surface area contributed by atoms with Crippen molar-refractivity contribution in [1.29, 1.82) is 0 Å². The molecule has 1 atom stereocenters. The highest BCUT2D eigenvalue weighted by Gasteiger charge is 2.25. The number of nitrogens with zero attached hydrogens (tertiary/aromatic N) is 3. The predicted octanol–water partition coefficient (Wildman–Crippen LogP) is 4.32. The molecule has 1 amide bonds. The standard InChI is InChI=1S/C26H32N4O2/c1-4-24-23(17-28-30(24)21-11-7-19(2)8-12-21)26(31)27-18-25(29-15-5-6-16-29)20-9-13-22(32-3)14-10-20/h7-14,17,25H,4-6,15-16,18H2,1-3H3,(H,27,31). The zero-order valence-electron chi connectivity index (χ0n) is 19.2. The lowest BCUT2D eigenvalue weighted by molar-refractivity contribution is 0.0937. The fourth-order valence-corrected chi connectivity index (χ4v) is 4.43. The fourth-order valence-electron chi connectivity index (χ4n) is 4.43. The van der Waals surface area contributed by atoms with E-state index in [0.717, 1.165) is 36.6 Å². The molecule has 168 valence electrons. The second-order valence-corrected chi connectivity index (χ2v) is 8.35. The lowest BCUT2D eigenvalue weighted by Crippen LogP contribution is -2.37. The maximum absolute atomic E-state index is 13.2. The molecule has 4 rings (SSSR count). The summed E-state index contributed by atoms with van der Waals surface area (Å²) in [5, 5.41) is 7.71. The van der Waals surface area contributed by atoms with Crippen molar-refractivity contribution in [2.45, 2.75) is 39.2 Å². The first-order chi connectivity index (χ1) is 15.6. The Balaban J connectivity index is 1.52. The van der Waals surface area contributed by atoms with Gasteiger partial charge in [0, 0.05) is 6.54 Å². The number of carbonyl (C=O) groups is 1. The highest BCUT2D eigenvalue weighted by atomic mass is 16.5. The average Bonchev–Trinajstić information content (AvgIpc) is 3.50. The minimum absolute atomic E-state index is 0.0714. The molecular weight excluding hydrogens is 400 g/mol. The number of likely N-dealkylation sites (tertiary alicyclic amines) is 1. The van der Waals surface area contributed by atoms with Gasteiger partial charge in [0.2, 0.25) is 0 Å². The summed E-state index contributed by atoms with van der Waals surface area (Å²) in [5.41, 5.74) is 4.93. The second kappa shape index (κ2) is 10.0. The molecule has 3 aromatic rings. The molecule has 1 saturated heterocycles. The molecule has 1 unspecified atom stereocenters. The second-order valence-electron chi connectivity index (χ2n) is 8.35. The fraction of sp³-hybridized carbons (Fsp3) is 0.385. The number of aromatic nitrogens is 2. The number of rotatable bonds is 8. The Bertz CT molecular complexity index is 1030. The maximum atomic E-state index is 13.2. The van der Waals surface area contributed by atoms with Gasteiger partial charge in [-0.25, -0.2) is 4.68 Å². The van der Waals surface area contributed by atoms with Gasteiger partial charge in [0.25, 0.3) is 5.91 Å². The minimum atomic E-state index is -0.0714.